The van der Waals surface area contributed by atoms with Gasteiger partial charge in [0.1, 0.15) is 11.4 Å². The highest BCUT2D eigenvalue weighted by atomic mass is 19.4. The van der Waals surface area contributed by atoms with Crippen LogP contribution in [0, 0.1) is 17.8 Å². The molecule has 1 aliphatic carbocycles. The number of hydrogen-bond acceptors (Lipinski definition) is 8. The quantitative estimate of drug-likeness (QED) is 0.305. The number of aromatic nitrogens is 6. The maximum Gasteiger partial charge on any atom is 0.393 e. The fraction of sp³-hybridized carbons (Fsp3) is 0.677. The van der Waals surface area contributed by atoms with E-state index in [1.807, 2.05) is 11.8 Å². The maximum absolute atomic E-state index is 14.2. The van der Waals surface area contributed by atoms with Crippen LogP contribution in [-0.2, 0) is 17.8 Å². The molecular formula is C31H40F5N9O3. The lowest BCUT2D eigenvalue weighted by Crippen LogP contribution is -2.47. The Labute approximate surface area is 273 Å². The summed E-state index contributed by atoms with van der Waals surface area (Å²) in [5.41, 5.74) is 0.0453. The van der Waals surface area contributed by atoms with Crippen molar-refractivity contribution in [1.82, 2.24) is 40.0 Å². The van der Waals surface area contributed by atoms with Crippen molar-refractivity contribution < 1.29 is 36.6 Å². The second-order valence-corrected chi connectivity index (χ2v) is 13.6. The van der Waals surface area contributed by atoms with Gasteiger partial charge in [-0.2, -0.15) is 28.4 Å². The number of amides is 2. The Hall–Kier alpha value is -3.89. The Balaban J connectivity index is 1.36. The van der Waals surface area contributed by atoms with Crippen molar-refractivity contribution in [3.05, 3.63) is 35.5 Å². The van der Waals surface area contributed by atoms with E-state index < -0.39 is 60.4 Å². The van der Waals surface area contributed by atoms with E-state index in [-0.39, 0.29) is 43.8 Å². The minimum Gasteiger partial charge on any atom is -0.390 e. The van der Waals surface area contributed by atoms with E-state index in [1.165, 1.54) is 15.4 Å². The largest absolute Gasteiger partial charge is 0.393 e. The molecule has 17 heteroatoms. The highest BCUT2D eigenvalue weighted by Gasteiger charge is 2.45. The smallest absolute Gasteiger partial charge is 0.390 e. The van der Waals surface area contributed by atoms with Gasteiger partial charge >= 0.3 is 6.18 Å². The number of carbonyl (C=O) groups excluding carboxylic acids is 2. The van der Waals surface area contributed by atoms with Crippen LogP contribution < -0.4 is 15.5 Å². The fourth-order valence-electron chi connectivity index (χ4n) is 6.98. The summed E-state index contributed by atoms with van der Waals surface area (Å²) in [6, 6.07) is 0.794. The third-order valence-electron chi connectivity index (χ3n) is 9.97. The van der Waals surface area contributed by atoms with Gasteiger partial charge in [0.05, 0.1) is 29.5 Å². The topological polar surface area (TPSA) is 143 Å². The molecule has 0 bridgehead atoms. The van der Waals surface area contributed by atoms with E-state index >= 15 is 0 Å². The summed E-state index contributed by atoms with van der Waals surface area (Å²) in [5, 5.41) is 24.8. The lowest BCUT2D eigenvalue weighted by Gasteiger charge is -2.37. The standard InChI is InChI=1S/C31H40F5N9O3/c1-3-44-23(6-11-38-44)27(47)40-24(18-4-7-30(32,33)8-5-18)22-17-45-28(39-22)41-25(43-12-9-29(2,48)10-13-43)21(42-45)15-19-14-20(31(34,35)36)16-37-26(19)46/h6,11,17-20,24,48H,3-5,7-10,12-16H2,1-2H3,(H,37,46)(H,40,47)/t19-,20-,24+/m1/s1. The van der Waals surface area contributed by atoms with E-state index in [0.717, 1.165) is 0 Å². The molecule has 1 saturated carbocycles. The number of carbonyl (C=O) groups is 2. The number of halogens is 5. The zero-order valence-corrected chi connectivity index (χ0v) is 26.8. The number of nitrogens with one attached hydrogen (secondary N) is 2. The molecule has 2 amide bonds. The van der Waals surface area contributed by atoms with Crippen molar-refractivity contribution >= 4 is 23.4 Å². The predicted molar refractivity (Wildman–Crippen MR) is 162 cm³/mol. The molecule has 6 rings (SSSR count). The third-order valence-corrected chi connectivity index (χ3v) is 9.97. The maximum atomic E-state index is 14.2. The van der Waals surface area contributed by atoms with Crippen molar-refractivity contribution in [2.24, 2.45) is 17.8 Å². The van der Waals surface area contributed by atoms with E-state index in [4.69, 9.17) is 15.1 Å². The minimum atomic E-state index is -4.47. The second-order valence-electron chi connectivity index (χ2n) is 13.6. The molecule has 3 aliphatic rings. The summed E-state index contributed by atoms with van der Waals surface area (Å²) in [4.78, 5) is 37.6. The molecule has 262 valence electrons. The van der Waals surface area contributed by atoms with Gasteiger partial charge in [0.2, 0.25) is 11.8 Å². The molecule has 2 aliphatic heterocycles. The Morgan fingerprint density at radius 2 is 1.88 bits per heavy atom. The lowest BCUT2D eigenvalue weighted by molar-refractivity contribution is -0.183. The molecule has 3 fully saturated rings. The molecule has 5 heterocycles. The molecule has 3 atom stereocenters. The fourth-order valence-corrected chi connectivity index (χ4v) is 6.98. The van der Waals surface area contributed by atoms with Gasteiger partial charge in [-0.1, -0.05) is 0 Å². The highest BCUT2D eigenvalue weighted by molar-refractivity contribution is 5.92. The molecule has 2 saturated heterocycles. The summed E-state index contributed by atoms with van der Waals surface area (Å²) < 4.78 is 72.1. The second kappa shape index (κ2) is 12.9. The van der Waals surface area contributed by atoms with Crippen LogP contribution in [0.1, 0.15) is 86.7 Å². The summed E-state index contributed by atoms with van der Waals surface area (Å²) >= 11 is 0. The van der Waals surface area contributed by atoms with Gasteiger partial charge in [-0.3, -0.25) is 14.3 Å². The molecule has 3 N–H and O–H groups in total. The third kappa shape index (κ3) is 7.25. The van der Waals surface area contributed by atoms with Gasteiger partial charge in [0.15, 0.2) is 5.82 Å². The highest BCUT2D eigenvalue weighted by Crippen LogP contribution is 2.42. The van der Waals surface area contributed by atoms with Crippen LogP contribution in [0.25, 0.3) is 5.78 Å². The first-order chi connectivity index (χ1) is 22.6. The molecular weight excluding hydrogens is 641 g/mol. The first kappa shape index (κ1) is 34.0. The SMILES string of the molecule is CCn1nccc1C(=O)N[C@H](c1cn2nc(C[C@H]3C[C@@H](C(F)(F)F)CNC3=O)c(N3CCC(C)(O)CC3)nc2n1)C1CCC(F)(F)CC1. The summed E-state index contributed by atoms with van der Waals surface area (Å²) in [6.07, 6.45) is -1.51. The number of fused-ring (bicyclic) bond motifs is 1. The molecule has 0 aromatic carbocycles. The Bertz CT molecular complexity index is 1640. The van der Waals surface area contributed by atoms with Crippen LogP contribution in [-0.4, -0.2) is 83.6 Å². The molecule has 0 spiro atoms. The van der Waals surface area contributed by atoms with Crippen LogP contribution in [0.2, 0.25) is 0 Å². The van der Waals surface area contributed by atoms with Gasteiger partial charge in [0.25, 0.3) is 11.7 Å². The number of aryl methyl sites for hydroxylation is 1. The van der Waals surface area contributed by atoms with Crippen LogP contribution in [0.4, 0.5) is 27.8 Å². The monoisotopic (exact) mass is 681 g/mol. The summed E-state index contributed by atoms with van der Waals surface area (Å²) in [5.74, 6) is -6.33. The summed E-state index contributed by atoms with van der Waals surface area (Å²) in [7, 11) is 0. The van der Waals surface area contributed by atoms with E-state index in [9.17, 15) is 36.6 Å². The number of rotatable bonds is 8. The van der Waals surface area contributed by atoms with Gasteiger partial charge in [0, 0.05) is 57.6 Å². The Morgan fingerprint density at radius 1 is 1.17 bits per heavy atom. The van der Waals surface area contributed by atoms with Gasteiger partial charge in [-0.25, -0.2) is 18.3 Å². The van der Waals surface area contributed by atoms with Crippen LogP contribution in [0.15, 0.2) is 18.5 Å². The average molecular weight is 682 g/mol. The lowest BCUT2D eigenvalue weighted by atomic mass is 9.81. The summed E-state index contributed by atoms with van der Waals surface area (Å²) in [6.45, 7) is 4.30. The molecule has 0 unspecified atom stereocenters. The number of anilines is 1. The predicted octanol–water partition coefficient (Wildman–Crippen LogP) is 3.85. The zero-order chi connectivity index (χ0) is 34.4. The number of aliphatic hydroxyl groups is 1. The average Bonchev–Trinajstić information content (AvgIpc) is 3.67. The number of piperidine rings is 2. The van der Waals surface area contributed by atoms with Crippen molar-refractivity contribution in [2.45, 2.75) is 95.5 Å². The van der Waals surface area contributed by atoms with Crippen molar-refractivity contribution in [3.8, 4) is 0 Å². The van der Waals surface area contributed by atoms with E-state index in [2.05, 4.69) is 15.7 Å². The number of imidazole rings is 1. The van der Waals surface area contributed by atoms with Crippen LogP contribution in [0.5, 0.6) is 0 Å². The van der Waals surface area contributed by atoms with Crippen molar-refractivity contribution in [3.63, 3.8) is 0 Å². The molecule has 12 nitrogen and oxygen atoms in total. The van der Waals surface area contributed by atoms with E-state index in [1.54, 1.807) is 19.2 Å². The van der Waals surface area contributed by atoms with E-state index in [0.29, 0.717) is 55.4 Å². The van der Waals surface area contributed by atoms with Gasteiger partial charge in [-0.15, -0.1) is 0 Å². The first-order valence-electron chi connectivity index (χ1n) is 16.4. The molecule has 3 aromatic rings. The van der Waals surface area contributed by atoms with Crippen LogP contribution in [0.3, 0.4) is 0 Å². The molecule has 0 radical (unpaired) electrons. The van der Waals surface area contributed by atoms with Gasteiger partial charge in [-0.05, 0) is 57.9 Å². The Kier molecular flexibility index (Phi) is 9.10. The first-order valence-corrected chi connectivity index (χ1v) is 16.4. The molecule has 48 heavy (non-hydrogen) atoms. The number of hydrogen-bond donors (Lipinski definition) is 3. The van der Waals surface area contributed by atoms with Crippen LogP contribution >= 0.6 is 0 Å². The number of nitrogens with zero attached hydrogens (tertiary/aromatic N) is 7. The van der Waals surface area contributed by atoms with Gasteiger partial charge < -0.3 is 20.6 Å². The molecule has 3 aromatic heterocycles. The van der Waals surface area contributed by atoms with Crippen molar-refractivity contribution in [2.75, 3.05) is 24.5 Å². The Morgan fingerprint density at radius 3 is 2.54 bits per heavy atom. The zero-order valence-electron chi connectivity index (χ0n) is 26.8. The number of alkyl halides is 5. The van der Waals surface area contributed by atoms with Crippen molar-refractivity contribution in [1.29, 1.82) is 0 Å². The normalized spacial score (nSPS) is 24.0. The minimum absolute atomic E-state index is 0.115.